The van der Waals surface area contributed by atoms with Crippen molar-refractivity contribution in [2.24, 2.45) is 0 Å². The molecule has 0 bridgehead atoms. The molecule has 1 aromatic heterocycles. The molecule has 30 heavy (non-hydrogen) atoms. The lowest BCUT2D eigenvalue weighted by Crippen LogP contribution is -2.40. The molecule has 3 rings (SSSR count). The van der Waals surface area contributed by atoms with E-state index in [9.17, 15) is 13.2 Å². The number of hydrogen-bond acceptors (Lipinski definition) is 4. The molecular weight excluding hydrogens is 400 g/mol. The van der Waals surface area contributed by atoms with Crippen LogP contribution in [0.1, 0.15) is 28.0 Å². The van der Waals surface area contributed by atoms with Gasteiger partial charge in [0.25, 0.3) is 0 Å². The van der Waals surface area contributed by atoms with Crippen LogP contribution < -0.4 is 5.32 Å². The molecule has 158 valence electrons. The first kappa shape index (κ1) is 21.8. The molecular formula is C23H26N2O4S. The molecule has 0 radical (unpaired) electrons. The van der Waals surface area contributed by atoms with Crippen LogP contribution >= 0.6 is 0 Å². The van der Waals surface area contributed by atoms with Crippen molar-refractivity contribution in [3.8, 4) is 0 Å². The summed E-state index contributed by atoms with van der Waals surface area (Å²) >= 11 is 0. The number of aryl methyl sites for hydroxylation is 3. The summed E-state index contributed by atoms with van der Waals surface area (Å²) in [6.07, 6.45) is 1.52. The van der Waals surface area contributed by atoms with E-state index < -0.39 is 15.9 Å². The summed E-state index contributed by atoms with van der Waals surface area (Å²) in [7, 11) is -3.90. The average molecular weight is 427 g/mol. The van der Waals surface area contributed by atoms with E-state index in [0.29, 0.717) is 16.9 Å². The summed E-state index contributed by atoms with van der Waals surface area (Å²) in [5.41, 5.74) is 3.14. The zero-order valence-corrected chi connectivity index (χ0v) is 18.2. The maximum atomic E-state index is 13.6. The maximum Gasteiger partial charge on any atom is 0.244 e. The van der Waals surface area contributed by atoms with E-state index in [2.05, 4.69) is 5.32 Å². The van der Waals surface area contributed by atoms with Crippen molar-refractivity contribution in [2.75, 3.05) is 6.54 Å². The normalized spacial score (nSPS) is 11.6. The van der Waals surface area contributed by atoms with Gasteiger partial charge in [-0.25, -0.2) is 8.42 Å². The van der Waals surface area contributed by atoms with Gasteiger partial charge in [-0.2, -0.15) is 4.31 Å². The number of carbonyl (C=O) groups is 1. The lowest BCUT2D eigenvalue weighted by Gasteiger charge is -2.24. The monoisotopic (exact) mass is 426 g/mol. The van der Waals surface area contributed by atoms with Gasteiger partial charge in [-0.05, 0) is 49.6 Å². The lowest BCUT2D eigenvalue weighted by atomic mass is 10.1. The van der Waals surface area contributed by atoms with Gasteiger partial charge in [0.05, 0.1) is 24.2 Å². The minimum atomic E-state index is -3.90. The van der Waals surface area contributed by atoms with Gasteiger partial charge in [0.1, 0.15) is 5.76 Å². The predicted molar refractivity (Wildman–Crippen MR) is 115 cm³/mol. The summed E-state index contributed by atoms with van der Waals surface area (Å²) in [6, 6.07) is 16.4. The summed E-state index contributed by atoms with van der Waals surface area (Å²) in [4.78, 5) is 12.8. The third-order valence-electron chi connectivity index (χ3n) is 4.76. The highest BCUT2D eigenvalue weighted by Crippen LogP contribution is 2.26. The molecule has 2 aromatic carbocycles. The van der Waals surface area contributed by atoms with E-state index in [1.54, 1.807) is 26.0 Å². The van der Waals surface area contributed by atoms with Crippen LogP contribution in [0.3, 0.4) is 0 Å². The van der Waals surface area contributed by atoms with E-state index in [1.807, 2.05) is 49.4 Å². The molecule has 0 aliphatic heterocycles. The molecule has 0 atom stereocenters. The minimum absolute atomic E-state index is 0.101. The number of hydrogen-bond donors (Lipinski definition) is 1. The topological polar surface area (TPSA) is 79.6 Å². The Balaban J connectivity index is 1.89. The summed E-state index contributed by atoms with van der Waals surface area (Å²) in [5, 5.41) is 2.72. The highest BCUT2D eigenvalue weighted by Gasteiger charge is 2.29. The molecule has 0 fully saturated rings. The average Bonchev–Trinajstić information content (AvgIpc) is 3.19. The molecule has 0 unspecified atom stereocenters. The Morgan fingerprint density at radius 1 is 1.00 bits per heavy atom. The zero-order valence-electron chi connectivity index (χ0n) is 17.4. The van der Waals surface area contributed by atoms with Gasteiger partial charge in [0.15, 0.2) is 0 Å². The van der Waals surface area contributed by atoms with E-state index in [4.69, 9.17) is 4.42 Å². The Labute approximate surface area is 177 Å². The molecule has 6 nitrogen and oxygen atoms in total. The van der Waals surface area contributed by atoms with E-state index in [-0.39, 0.29) is 24.5 Å². The van der Waals surface area contributed by atoms with E-state index in [1.165, 1.54) is 10.6 Å². The first-order valence-electron chi connectivity index (χ1n) is 9.68. The van der Waals surface area contributed by atoms with Gasteiger partial charge in [-0.1, -0.05) is 48.0 Å². The van der Waals surface area contributed by atoms with Crippen molar-refractivity contribution in [3.05, 3.63) is 88.9 Å². The zero-order chi connectivity index (χ0) is 21.7. The molecule has 0 saturated carbocycles. The number of sulfonamides is 1. The van der Waals surface area contributed by atoms with Gasteiger partial charge in [-0.3, -0.25) is 4.79 Å². The molecule has 3 aromatic rings. The Kier molecular flexibility index (Phi) is 6.74. The van der Waals surface area contributed by atoms with Crippen LogP contribution in [0.4, 0.5) is 0 Å². The molecule has 1 N–H and O–H groups in total. The summed E-state index contributed by atoms with van der Waals surface area (Å²) in [5.74, 6) is 0.208. The largest absolute Gasteiger partial charge is 0.467 e. The Hall–Kier alpha value is -2.90. The van der Waals surface area contributed by atoms with Crippen molar-refractivity contribution < 1.29 is 17.6 Å². The van der Waals surface area contributed by atoms with Gasteiger partial charge >= 0.3 is 0 Å². The number of carbonyl (C=O) groups excluding carboxylic acids is 1. The van der Waals surface area contributed by atoms with Crippen molar-refractivity contribution in [2.45, 2.75) is 38.8 Å². The quantitative estimate of drug-likeness (QED) is 0.595. The minimum Gasteiger partial charge on any atom is -0.467 e. The number of furan rings is 1. The van der Waals surface area contributed by atoms with Crippen LogP contribution in [0.15, 0.2) is 70.2 Å². The highest BCUT2D eigenvalue weighted by atomic mass is 32.2. The standard InChI is InChI=1S/C23H26N2O4S/c1-17-12-18(2)23(19(3)13-17)30(27,28)25(15-20-8-5-4-6-9-20)16-22(26)24-14-21-10-7-11-29-21/h4-13H,14-16H2,1-3H3,(H,24,26). The highest BCUT2D eigenvalue weighted by molar-refractivity contribution is 7.89. The number of amides is 1. The smallest absolute Gasteiger partial charge is 0.244 e. The van der Waals surface area contributed by atoms with Crippen LogP contribution in [0.25, 0.3) is 0 Å². The molecule has 1 heterocycles. The van der Waals surface area contributed by atoms with Crippen molar-refractivity contribution in [1.82, 2.24) is 9.62 Å². The molecule has 0 saturated heterocycles. The number of benzene rings is 2. The fourth-order valence-electron chi connectivity index (χ4n) is 3.53. The van der Waals surface area contributed by atoms with Crippen LogP contribution in [0, 0.1) is 20.8 Å². The van der Waals surface area contributed by atoms with Crippen LogP contribution in [0.2, 0.25) is 0 Å². The van der Waals surface area contributed by atoms with Crippen molar-refractivity contribution in [1.29, 1.82) is 0 Å². The molecule has 1 amide bonds. The first-order chi connectivity index (χ1) is 14.3. The summed E-state index contributed by atoms with van der Waals surface area (Å²) in [6.45, 7) is 5.51. The maximum absolute atomic E-state index is 13.6. The second-order valence-corrected chi connectivity index (χ2v) is 9.22. The predicted octanol–water partition coefficient (Wildman–Crippen LogP) is 3.71. The molecule has 0 aliphatic carbocycles. The van der Waals surface area contributed by atoms with Crippen LogP contribution in [0.5, 0.6) is 0 Å². The number of rotatable bonds is 8. The van der Waals surface area contributed by atoms with Crippen LogP contribution in [-0.2, 0) is 27.9 Å². The van der Waals surface area contributed by atoms with E-state index >= 15 is 0 Å². The Bertz CT molecular complexity index is 1080. The Morgan fingerprint density at radius 2 is 1.67 bits per heavy atom. The Morgan fingerprint density at radius 3 is 2.27 bits per heavy atom. The summed E-state index contributed by atoms with van der Waals surface area (Å²) < 4.78 is 33.6. The number of nitrogens with zero attached hydrogens (tertiary/aromatic N) is 1. The van der Waals surface area contributed by atoms with Gasteiger partial charge < -0.3 is 9.73 Å². The van der Waals surface area contributed by atoms with Crippen molar-refractivity contribution >= 4 is 15.9 Å². The van der Waals surface area contributed by atoms with Gasteiger partial charge in [0, 0.05) is 6.54 Å². The second kappa shape index (κ2) is 9.28. The third kappa shape index (κ3) is 5.17. The second-order valence-electron chi connectivity index (χ2n) is 7.34. The molecule has 0 spiro atoms. The fraction of sp³-hybridized carbons (Fsp3) is 0.261. The molecule has 0 aliphatic rings. The van der Waals surface area contributed by atoms with Crippen molar-refractivity contribution in [3.63, 3.8) is 0 Å². The fourth-order valence-corrected chi connectivity index (χ4v) is 5.33. The number of nitrogens with one attached hydrogen (secondary N) is 1. The third-order valence-corrected chi connectivity index (χ3v) is 6.86. The van der Waals surface area contributed by atoms with Gasteiger partial charge in [0.2, 0.25) is 15.9 Å². The van der Waals surface area contributed by atoms with Crippen LogP contribution in [-0.4, -0.2) is 25.2 Å². The SMILES string of the molecule is Cc1cc(C)c(S(=O)(=O)N(CC(=O)NCc2ccco2)Cc2ccccc2)c(C)c1. The first-order valence-corrected chi connectivity index (χ1v) is 11.1. The lowest BCUT2D eigenvalue weighted by molar-refractivity contribution is -0.121. The van der Waals surface area contributed by atoms with Gasteiger partial charge in [-0.15, -0.1) is 0 Å². The molecule has 7 heteroatoms. The van der Waals surface area contributed by atoms with E-state index in [0.717, 1.165) is 11.1 Å².